The van der Waals surface area contributed by atoms with Gasteiger partial charge in [-0.3, -0.25) is 10.1 Å². The number of aliphatic hydroxyl groups is 1. The molecule has 16 nitrogen and oxygen atoms in total. The summed E-state index contributed by atoms with van der Waals surface area (Å²) in [4.78, 5) is 57.2. The standard InChI is InChI=1S/C20H31N5O4.C18H26N4O2.CH4O/c1-20(2,3)29-19(26)24-13-9-15(10-14-24)23(6)18-8-7-17(25(27)28)16(21-18)11-12-22(4)5;1-18(2,3)24-17(23)22-11-8-13(9-12-22)21(4)16-6-5-14-15(20-16)7-10-19-14;1-2/h7-8,11-12,15H,9-10,13-14H2,1-6H3;5-7,10,13,19H,8-9,11-12H2,1-4H3;2H,1H3/b12-11+;;. The number of likely N-dealkylation sites (tertiary alicyclic amines) is 2. The lowest BCUT2D eigenvalue weighted by molar-refractivity contribution is -0.385. The summed E-state index contributed by atoms with van der Waals surface area (Å²) in [5.41, 5.74) is 1.36. The van der Waals surface area contributed by atoms with Crippen LogP contribution in [0.1, 0.15) is 72.9 Å². The van der Waals surface area contributed by atoms with Crippen molar-refractivity contribution in [2.24, 2.45) is 0 Å². The fourth-order valence-corrected chi connectivity index (χ4v) is 6.17. The van der Waals surface area contributed by atoms with Crippen LogP contribution >= 0.6 is 0 Å². The Morgan fingerprint density at radius 1 is 0.800 bits per heavy atom. The molecule has 5 heterocycles. The monoisotopic (exact) mass is 767 g/mol. The van der Waals surface area contributed by atoms with Gasteiger partial charge in [-0.2, -0.15) is 0 Å². The number of ether oxygens (including phenoxy) is 2. The number of aromatic nitrogens is 3. The fraction of sp³-hybridized carbons (Fsp3) is 0.590. The van der Waals surface area contributed by atoms with Crippen LogP contribution in [0.25, 0.3) is 17.1 Å². The molecule has 0 aliphatic carbocycles. The predicted molar refractivity (Wildman–Crippen MR) is 216 cm³/mol. The van der Waals surface area contributed by atoms with Crippen LogP contribution in [0.4, 0.5) is 26.9 Å². The summed E-state index contributed by atoms with van der Waals surface area (Å²) >= 11 is 0. The van der Waals surface area contributed by atoms with Gasteiger partial charge in [0, 0.05) is 92.0 Å². The lowest BCUT2D eigenvalue weighted by Crippen LogP contribution is -2.47. The van der Waals surface area contributed by atoms with Crippen molar-refractivity contribution in [1.29, 1.82) is 0 Å². The number of nitrogens with one attached hydrogen (secondary N) is 1. The van der Waals surface area contributed by atoms with E-state index in [2.05, 4.69) is 28.0 Å². The Labute approximate surface area is 325 Å². The van der Waals surface area contributed by atoms with Crippen molar-refractivity contribution >= 4 is 46.6 Å². The van der Waals surface area contributed by atoms with E-state index in [0.29, 0.717) is 30.6 Å². The van der Waals surface area contributed by atoms with Crippen molar-refractivity contribution in [3.8, 4) is 0 Å². The minimum atomic E-state index is -0.510. The van der Waals surface area contributed by atoms with Gasteiger partial charge in [-0.05, 0) is 97.6 Å². The van der Waals surface area contributed by atoms with Gasteiger partial charge in [0.2, 0.25) is 0 Å². The van der Waals surface area contributed by atoms with Gasteiger partial charge in [0.05, 0.1) is 16.0 Å². The van der Waals surface area contributed by atoms with Gasteiger partial charge in [-0.15, -0.1) is 0 Å². The molecule has 0 bridgehead atoms. The normalized spacial score (nSPS) is 15.4. The number of nitrogens with zero attached hydrogens (tertiary/aromatic N) is 8. The summed E-state index contributed by atoms with van der Waals surface area (Å²) in [6.45, 7) is 13.9. The summed E-state index contributed by atoms with van der Waals surface area (Å²) in [6, 6.07) is 9.82. The lowest BCUT2D eigenvalue weighted by Gasteiger charge is -2.37. The van der Waals surface area contributed by atoms with Gasteiger partial charge in [-0.25, -0.2) is 19.6 Å². The third kappa shape index (κ3) is 13.3. The first-order valence-electron chi connectivity index (χ1n) is 18.6. The van der Waals surface area contributed by atoms with E-state index in [-0.39, 0.29) is 23.9 Å². The van der Waals surface area contributed by atoms with E-state index in [0.717, 1.165) is 62.7 Å². The molecule has 5 rings (SSSR count). The number of pyridine rings is 2. The van der Waals surface area contributed by atoms with E-state index in [1.807, 2.05) is 85.9 Å². The molecule has 2 N–H and O–H groups in total. The Kier molecular flexibility index (Phi) is 15.7. The van der Waals surface area contributed by atoms with Gasteiger partial charge in [0.25, 0.3) is 5.69 Å². The molecule has 304 valence electrons. The Bertz CT molecular complexity index is 1730. The van der Waals surface area contributed by atoms with Gasteiger partial charge < -0.3 is 44.1 Å². The van der Waals surface area contributed by atoms with Gasteiger partial charge in [0.15, 0.2) is 0 Å². The van der Waals surface area contributed by atoms with Crippen molar-refractivity contribution in [3.05, 3.63) is 58.5 Å². The zero-order chi connectivity index (χ0) is 41.1. The van der Waals surface area contributed by atoms with Gasteiger partial charge in [-0.1, -0.05) is 0 Å². The number of hydrogen-bond donors (Lipinski definition) is 2. The predicted octanol–water partition coefficient (Wildman–Crippen LogP) is 6.36. The third-order valence-corrected chi connectivity index (χ3v) is 9.06. The quantitative estimate of drug-likeness (QED) is 0.201. The molecule has 2 amide bonds. The molecule has 16 heteroatoms. The molecule has 55 heavy (non-hydrogen) atoms. The second kappa shape index (κ2) is 19.5. The Hall–Kier alpha value is -5.12. The van der Waals surface area contributed by atoms with Crippen LogP contribution in [0.3, 0.4) is 0 Å². The molecule has 0 saturated carbocycles. The number of aromatic amines is 1. The van der Waals surface area contributed by atoms with E-state index < -0.39 is 16.1 Å². The average Bonchev–Trinajstić information content (AvgIpc) is 3.61. The molecule has 2 aliphatic heterocycles. The van der Waals surface area contributed by atoms with Crippen molar-refractivity contribution in [1.82, 2.24) is 29.7 Å². The summed E-state index contributed by atoms with van der Waals surface area (Å²) in [7, 11) is 8.70. The molecule has 3 aromatic rings. The van der Waals surface area contributed by atoms with Crippen LogP contribution in [0.15, 0.2) is 42.7 Å². The summed E-state index contributed by atoms with van der Waals surface area (Å²) in [5, 5.41) is 18.3. The number of amides is 2. The SMILES string of the molecule is CN(C)/C=C/c1nc(N(C)C2CCN(C(=O)OC(C)(C)C)CC2)ccc1[N+](=O)[O-].CN(c1ccc2[nH]ccc2n1)C1CCN(C(=O)OC(C)(C)C)CC1.CO. The van der Waals surface area contributed by atoms with E-state index in [4.69, 9.17) is 19.6 Å². The molecule has 0 aromatic carbocycles. The minimum absolute atomic E-state index is 0.0278. The van der Waals surface area contributed by atoms with E-state index in [9.17, 15) is 19.7 Å². The number of carbonyl (C=O) groups excluding carboxylic acids is 2. The third-order valence-electron chi connectivity index (χ3n) is 9.06. The Morgan fingerprint density at radius 2 is 1.25 bits per heavy atom. The highest BCUT2D eigenvalue weighted by molar-refractivity contribution is 5.77. The summed E-state index contributed by atoms with van der Waals surface area (Å²) in [6.07, 6.45) is 8.16. The Balaban J connectivity index is 0.000000287. The fourth-order valence-electron chi connectivity index (χ4n) is 6.17. The highest BCUT2D eigenvalue weighted by atomic mass is 16.6. The first-order chi connectivity index (χ1) is 25.8. The molecule has 0 spiro atoms. The Morgan fingerprint density at radius 3 is 1.69 bits per heavy atom. The first-order valence-corrected chi connectivity index (χ1v) is 18.6. The topological polar surface area (TPSA) is 174 Å². The highest BCUT2D eigenvalue weighted by Crippen LogP contribution is 2.27. The van der Waals surface area contributed by atoms with Crippen LogP contribution in [-0.4, -0.2) is 137 Å². The molecule has 3 aromatic heterocycles. The number of rotatable bonds is 7. The molecule has 0 radical (unpaired) electrons. The van der Waals surface area contributed by atoms with Crippen LogP contribution in [0, 0.1) is 10.1 Å². The largest absolute Gasteiger partial charge is 0.444 e. The lowest BCUT2D eigenvalue weighted by atomic mass is 10.0. The molecule has 2 fully saturated rings. The average molecular weight is 768 g/mol. The second-order valence-corrected chi connectivity index (χ2v) is 15.8. The van der Waals surface area contributed by atoms with Crippen molar-refractivity contribution < 1.29 is 29.1 Å². The maximum absolute atomic E-state index is 12.2. The van der Waals surface area contributed by atoms with Crippen LogP contribution in [-0.2, 0) is 9.47 Å². The van der Waals surface area contributed by atoms with Crippen molar-refractivity contribution in [2.45, 2.75) is 90.5 Å². The highest BCUT2D eigenvalue weighted by Gasteiger charge is 2.31. The molecular weight excluding hydrogens is 706 g/mol. The molecule has 2 saturated heterocycles. The van der Waals surface area contributed by atoms with Crippen LogP contribution in [0.2, 0.25) is 0 Å². The first kappa shape index (κ1) is 44.3. The molecule has 2 aliphatic rings. The molecular formula is C39H61N9O7. The summed E-state index contributed by atoms with van der Waals surface area (Å²) in [5.74, 6) is 1.64. The number of hydrogen-bond acceptors (Lipinski definition) is 12. The molecule has 0 unspecified atom stereocenters. The maximum atomic E-state index is 12.2. The van der Waals surface area contributed by atoms with E-state index >= 15 is 0 Å². The smallest absolute Gasteiger partial charge is 0.410 e. The van der Waals surface area contributed by atoms with Crippen LogP contribution < -0.4 is 9.80 Å². The number of anilines is 2. The zero-order valence-corrected chi connectivity index (χ0v) is 34.4. The van der Waals surface area contributed by atoms with Crippen molar-refractivity contribution in [3.63, 3.8) is 0 Å². The second-order valence-electron chi connectivity index (χ2n) is 15.8. The van der Waals surface area contributed by atoms with Gasteiger partial charge in [0.1, 0.15) is 28.5 Å². The summed E-state index contributed by atoms with van der Waals surface area (Å²) < 4.78 is 10.9. The zero-order valence-electron chi connectivity index (χ0n) is 34.4. The number of aliphatic hydroxyl groups excluding tert-OH is 1. The number of nitro groups is 1. The number of piperidine rings is 2. The minimum Gasteiger partial charge on any atom is -0.444 e. The molecule has 0 atom stereocenters. The van der Waals surface area contributed by atoms with Crippen molar-refractivity contribution in [2.75, 3.05) is 71.3 Å². The maximum Gasteiger partial charge on any atom is 0.410 e. The number of fused-ring (bicyclic) bond motifs is 1. The van der Waals surface area contributed by atoms with E-state index in [1.165, 1.54) is 6.07 Å². The number of carbonyl (C=O) groups is 2. The van der Waals surface area contributed by atoms with Gasteiger partial charge >= 0.3 is 12.2 Å². The number of H-pyrrole nitrogens is 1. The van der Waals surface area contributed by atoms with Crippen LogP contribution in [0.5, 0.6) is 0 Å². The van der Waals surface area contributed by atoms with E-state index in [1.54, 1.807) is 33.0 Å².